The molecule has 2 rings (SSSR count). The summed E-state index contributed by atoms with van der Waals surface area (Å²) in [6.07, 6.45) is 2.16. The first-order chi connectivity index (χ1) is 9.22. The number of anilines is 1. The van der Waals surface area contributed by atoms with Crippen LogP contribution in [-0.4, -0.2) is 16.3 Å². The summed E-state index contributed by atoms with van der Waals surface area (Å²) >= 11 is 0. The Morgan fingerprint density at radius 1 is 1.47 bits per heavy atom. The third-order valence-corrected chi connectivity index (χ3v) is 2.35. The molecular weight excluding hydrogens is 244 g/mol. The van der Waals surface area contributed by atoms with Gasteiger partial charge in [-0.1, -0.05) is 6.92 Å². The molecule has 0 aliphatic carbocycles. The number of benzene rings is 1. The number of hydrogen-bond donors (Lipinski definition) is 2. The second kappa shape index (κ2) is 5.69. The average Bonchev–Trinajstić information content (AvgIpc) is 2.83. The Morgan fingerprint density at radius 2 is 2.21 bits per heavy atom. The van der Waals surface area contributed by atoms with Crippen molar-refractivity contribution in [3.05, 3.63) is 41.4 Å². The Bertz CT molecular complexity index is 623. The molecule has 1 aromatic heterocycles. The topological polar surface area (TPSA) is 94.4 Å². The number of phenolic OH excluding ortho intramolecular Hbond substituents is 1. The molecule has 0 spiro atoms. The van der Waals surface area contributed by atoms with Crippen molar-refractivity contribution < 1.29 is 9.52 Å². The molecule has 2 N–H and O–H groups in total. The van der Waals surface area contributed by atoms with Crippen LogP contribution in [0, 0.1) is 11.3 Å². The van der Waals surface area contributed by atoms with E-state index in [1.54, 1.807) is 30.5 Å². The summed E-state index contributed by atoms with van der Waals surface area (Å²) < 4.78 is 5.31. The smallest absolute Gasteiger partial charge is 0.252 e. The van der Waals surface area contributed by atoms with E-state index in [9.17, 15) is 0 Å². The lowest BCUT2D eigenvalue weighted by Gasteiger charge is -1.95. The molecule has 0 amide bonds. The molecule has 0 unspecified atom stereocenters. The summed E-state index contributed by atoms with van der Waals surface area (Å²) in [7, 11) is 0. The molecular formula is C13H12N4O2. The van der Waals surface area contributed by atoms with Gasteiger partial charge < -0.3 is 9.52 Å². The number of phenols is 1. The zero-order valence-corrected chi connectivity index (χ0v) is 10.3. The Hall–Kier alpha value is -2.81. The standard InChI is InChI=1S/C13H12N4O2/c1-2-12-16-11(7-14)13(19-12)17-15-8-9-3-5-10(18)6-4-9/h3-6,8,17-18H,2H2,1H3/b15-8+. The van der Waals surface area contributed by atoms with Crippen LogP contribution in [0.25, 0.3) is 0 Å². The highest BCUT2D eigenvalue weighted by Crippen LogP contribution is 2.16. The van der Waals surface area contributed by atoms with Gasteiger partial charge in [0.15, 0.2) is 5.89 Å². The summed E-state index contributed by atoms with van der Waals surface area (Å²) in [6.45, 7) is 1.89. The normalized spacial score (nSPS) is 10.5. The van der Waals surface area contributed by atoms with Crippen molar-refractivity contribution in [1.82, 2.24) is 4.98 Å². The van der Waals surface area contributed by atoms with E-state index < -0.39 is 0 Å². The van der Waals surface area contributed by atoms with Crippen LogP contribution >= 0.6 is 0 Å². The van der Waals surface area contributed by atoms with Crippen LogP contribution in [0.15, 0.2) is 33.8 Å². The number of nitrogens with zero attached hydrogens (tertiary/aromatic N) is 3. The van der Waals surface area contributed by atoms with E-state index in [4.69, 9.17) is 14.8 Å². The van der Waals surface area contributed by atoms with Crippen molar-refractivity contribution in [2.75, 3.05) is 5.43 Å². The van der Waals surface area contributed by atoms with E-state index in [-0.39, 0.29) is 17.3 Å². The van der Waals surface area contributed by atoms with Crippen molar-refractivity contribution in [2.24, 2.45) is 5.10 Å². The van der Waals surface area contributed by atoms with Crippen LogP contribution in [0.5, 0.6) is 5.75 Å². The minimum absolute atomic E-state index is 0.180. The van der Waals surface area contributed by atoms with Gasteiger partial charge >= 0.3 is 0 Å². The van der Waals surface area contributed by atoms with E-state index >= 15 is 0 Å². The lowest BCUT2D eigenvalue weighted by Crippen LogP contribution is -1.91. The fraction of sp³-hybridized carbons (Fsp3) is 0.154. The number of aromatic nitrogens is 1. The molecule has 0 atom stereocenters. The van der Waals surface area contributed by atoms with Crippen LogP contribution in [0.3, 0.4) is 0 Å². The van der Waals surface area contributed by atoms with Crippen molar-refractivity contribution in [1.29, 1.82) is 5.26 Å². The van der Waals surface area contributed by atoms with E-state index in [2.05, 4.69) is 15.5 Å². The molecule has 1 aromatic carbocycles. The number of oxazole rings is 1. The van der Waals surface area contributed by atoms with Gasteiger partial charge in [-0.15, -0.1) is 0 Å². The average molecular weight is 256 g/mol. The summed E-state index contributed by atoms with van der Waals surface area (Å²) in [4.78, 5) is 3.99. The van der Waals surface area contributed by atoms with Gasteiger partial charge in [-0.2, -0.15) is 10.4 Å². The predicted molar refractivity (Wildman–Crippen MR) is 69.9 cm³/mol. The van der Waals surface area contributed by atoms with Gasteiger partial charge in [-0.3, -0.25) is 0 Å². The molecule has 0 aliphatic heterocycles. The summed E-state index contributed by atoms with van der Waals surface area (Å²) in [5, 5.41) is 22.0. The molecule has 19 heavy (non-hydrogen) atoms. The molecule has 0 fully saturated rings. The summed E-state index contributed by atoms with van der Waals surface area (Å²) in [5.74, 6) is 0.910. The highest BCUT2D eigenvalue weighted by atomic mass is 16.4. The van der Waals surface area contributed by atoms with Crippen molar-refractivity contribution in [3.8, 4) is 11.8 Å². The van der Waals surface area contributed by atoms with Gasteiger partial charge in [0.05, 0.1) is 6.21 Å². The SMILES string of the molecule is CCc1nc(C#N)c(N/N=C/c2ccc(O)cc2)o1. The van der Waals surface area contributed by atoms with Crippen LogP contribution < -0.4 is 5.43 Å². The number of nitriles is 1. The van der Waals surface area contributed by atoms with E-state index in [0.717, 1.165) is 5.56 Å². The van der Waals surface area contributed by atoms with E-state index in [0.29, 0.717) is 12.3 Å². The lowest BCUT2D eigenvalue weighted by molar-refractivity contribution is 0.475. The zero-order chi connectivity index (χ0) is 13.7. The van der Waals surface area contributed by atoms with Crippen LogP contribution in [0.2, 0.25) is 0 Å². The molecule has 96 valence electrons. The summed E-state index contributed by atoms with van der Waals surface area (Å²) in [6, 6.07) is 8.48. The first kappa shape index (κ1) is 12.6. The van der Waals surface area contributed by atoms with Gasteiger partial charge in [0.2, 0.25) is 5.69 Å². The Balaban J connectivity index is 2.08. The molecule has 0 radical (unpaired) electrons. The highest BCUT2D eigenvalue weighted by molar-refractivity contribution is 5.80. The molecule has 1 heterocycles. The number of aryl methyl sites for hydroxylation is 1. The predicted octanol–water partition coefficient (Wildman–Crippen LogP) is 2.26. The van der Waals surface area contributed by atoms with Crippen molar-refractivity contribution in [2.45, 2.75) is 13.3 Å². The maximum Gasteiger partial charge on any atom is 0.252 e. The Kier molecular flexibility index (Phi) is 3.78. The number of nitrogens with one attached hydrogen (secondary N) is 1. The minimum Gasteiger partial charge on any atom is -0.508 e. The Morgan fingerprint density at radius 3 is 2.84 bits per heavy atom. The highest BCUT2D eigenvalue weighted by Gasteiger charge is 2.10. The quantitative estimate of drug-likeness (QED) is 0.646. The number of hydrogen-bond acceptors (Lipinski definition) is 6. The lowest BCUT2D eigenvalue weighted by atomic mass is 10.2. The fourth-order valence-corrected chi connectivity index (χ4v) is 1.39. The third kappa shape index (κ3) is 3.10. The van der Waals surface area contributed by atoms with Crippen molar-refractivity contribution in [3.63, 3.8) is 0 Å². The van der Waals surface area contributed by atoms with Crippen LogP contribution in [0.1, 0.15) is 24.1 Å². The number of aromatic hydroxyl groups is 1. The van der Waals surface area contributed by atoms with Gasteiger partial charge in [0, 0.05) is 6.42 Å². The zero-order valence-electron chi connectivity index (χ0n) is 10.3. The van der Waals surface area contributed by atoms with Gasteiger partial charge in [0.1, 0.15) is 11.8 Å². The number of hydrazone groups is 1. The monoisotopic (exact) mass is 256 g/mol. The van der Waals surface area contributed by atoms with Crippen LogP contribution in [0.4, 0.5) is 5.88 Å². The minimum atomic E-state index is 0.180. The molecule has 6 heteroatoms. The molecule has 0 saturated carbocycles. The fourth-order valence-electron chi connectivity index (χ4n) is 1.39. The van der Waals surface area contributed by atoms with Gasteiger partial charge in [0.25, 0.3) is 5.88 Å². The second-order valence-electron chi connectivity index (χ2n) is 3.71. The van der Waals surface area contributed by atoms with E-state index in [1.807, 2.05) is 13.0 Å². The number of rotatable bonds is 4. The molecule has 2 aromatic rings. The van der Waals surface area contributed by atoms with E-state index in [1.165, 1.54) is 0 Å². The molecule has 0 bridgehead atoms. The molecule has 0 aliphatic rings. The molecule has 0 saturated heterocycles. The molecule has 6 nitrogen and oxygen atoms in total. The maximum atomic E-state index is 9.14. The first-order valence-corrected chi connectivity index (χ1v) is 5.71. The van der Waals surface area contributed by atoms with Crippen LogP contribution in [-0.2, 0) is 6.42 Å². The van der Waals surface area contributed by atoms with Crippen molar-refractivity contribution >= 4 is 12.1 Å². The van der Waals surface area contributed by atoms with Gasteiger partial charge in [-0.05, 0) is 29.8 Å². The Labute approximate surface area is 110 Å². The third-order valence-electron chi connectivity index (χ3n) is 2.35. The largest absolute Gasteiger partial charge is 0.508 e. The van der Waals surface area contributed by atoms with Gasteiger partial charge in [-0.25, -0.2) is 10.4 Å². The second-order valence-corrected chi connectivity index (χ2v) is 3.71. The summed E-state index contributed by atoms with van der Waals surface area (Å²) in [5.41, 5.74) is 3.62. The first-order valence-electron chi connectivity index (χ1n) is 5.71. The maximum absolute atomic E-state index is 9.14.